The minimum absolute atomic E-state index is 0.133. The predicted octanol–water partition coefficient (Wildman–Crippen LogP) is 3.97. The number of carbonyl (C=O) groups excluding carboxylic acids is 1. The van der Waals surface area contributed by atoms with Gasteiger partial charge in [-0.2, -0.15) is 0 Å². The van der Waals surface area contributed by atoms with Crippen LogP contribution in [-0.4, -0.2) is 37.1 Å². The van der Waals surface area contributed by atoms with Gasteiger partial charge in [0.2, 0.25) is 0 Å². The number of nitrogens with one attached hydrogen (secondary N) is 1. The number of benzene rings is 2. The van der Waals surface area contributed by atoms with Crippen molar-refractivity contribution < 1.29 is 4.79 Å². The van der Waals surface area contributed by atoms with Gasteiger partial charge in [-0.15, -0.1) is 0 Å². The van der Waals surface area contributed by atoms with E-state index in [1.165, 1.54) is 5.69 Å². The van der Waals surface area contributed by atoms with Crippen LogP contribution in [0.5, 0.6) is 0 Å². The molecule has 5 nitrogen and oxygen atoms in total. The maximum atomic E-state index is 12.7. The molecule has 1 aliphatic heterocycles. The molecule has 4 rings (SSSR count). The van der Waals surface area contributed by atoms with Crippen LogP contribution in [0.25, 0.3) is 0 Å². The van der Waals surface area contributed by atoms with E-state index in [-0.39, 0.29) is 5.91 Å². The molecule has 3 aromatic rings. The molecule has 1 aliphatic rings. The first-order valence-electron chi connectivity index (χ1n) is 9.58. The summed E-state index contributed by atoms with van der Waals surface area (Å²) in [4.78, 5) is 21.6. The standard InChI is InChI=1S/C23H24N4O/c1-18-7-5-6-10-22(18)25-23(28)19-15-21(17-24-16-19)27-13-11-26(12-14-27)20-8-3-2-4-9-20/h2-10,15-17H,11-14H2,1H3,(H,25,28). The lowest BCUT2D eigenvalue weighted by molar-refractivity contribution is 0.102. The van der Waals surface area contributed by atoms with Gasteiger partial charge in [-0.3, -0.25) is 9.78 Å². The van der Waals surface area contributed by atoms with Crippen molar-refractivity contribution in [3.05, 3.63) is 84.2 Å². The average molecular weight is 372 g/mol. The van der Waals surface area contributed by atoms with E-state index >= 15 is 0 Å². The summed E-state index contributed by atoms with van der Waals surface area (Å²) in [7, 11) is 0. The van der Waals surface area contributed by atoms with Crippen LogP contribution in [0.3, 0.4) is 0 Å². The first kappa shape index (κ1) is 18.0. The molecule has 142 valence electrons. The van der Waals surface area contributed by atoms with Crippen molar-refractivity contribution in [1.82, 2.24) is 4.98 Å². The van der Waals surface area contributed by atoms with Crippen LogP contribution in [0.1, 0.15) is 15.9 Å². The molecule has 0 radical (unpaired) electrons. The van der Waals surface area contributed by atoms with Crippen LogP contribution < -0.4 is 15.1 Å². The average Bonchev–Trinajstić information content (AvgIpc) is 2.76. The summed E-state index contributed by atoms with van der Waals surface area (Å²) in [5.41, 5.74) is 4.69. The second-order valence-corrected chi connectivity index (χ2v) is 7.01. The van der Waals surface area contributed by atoms with Gasteiger partial charge in [0, 0.05) is 43.8 Å². The third-order valence-electron chi connectivity index (χ3n) is 5.15. The van der Waals surface area contributed by atoms with Crippen LogP contribution in [0.15, 0.2) is 73.1 Å². The lowest BCUT2D eigenvalue weighted by atomic mass is 10.1. The molecule has 0 saturated carbocycles. The van der Waals surface area contributed by atoms with Crippen molar-refractivity contribution in [1.29, 1.82) is 0 Å². The number of anilines is 3. The quantitative estimate of drug-likeness (QED) is 0.753. The van der Waals surface area contributed by atoms with Crippen molar-refractivity contribution in [2.45, 2.75) is 6.92 Å². The fourth-order valence-corrected chi connectivity index (χ4v) is 3.49. The molecule has 5 heteroatoms. The fraction of sp³-hybridized carbons (Fsp3) is 0.217. The topological polar surface area (TPSA) is 48.5 Å². The molecular weight excluding hydrogens is 348 g/mol. The van der Waals surface area contributed by atoms with E-state index in [0.717, 1.165) is 43.1 Å². The van der Waals surface area contributed by atoms with Gasteiger partial charge in [0.05, 0.1) is 17.4 Å². The van der Waals surface area contributed by atoms with E-state index < -0.39 is 0 Å². The summed E-state index contributed by atoms with van der Waals surface area (Å²) in [6.07, 6.45) is 3.46. The summed E-state index contributed by atoms with van der Waals surface area (Å²) in [6, 6.07) is 20.2. The zero-order valence-corrected chi connectivity index (χ0v) is 16.0. The molecule has 0 unspecified atom stereocenters. The van der Waals surface area contributed by atoms with Crippen molar-refractivity contribution in [3.63, 3.8) is 0 Å². The number of hydrogen-bond acceptors (Lipinski definition) is 4. The lowest BCUT2D eigenvalue weighted by Gasteiger charge is -2.37. The number of para-hydroxylation sites is 2. The molecule has 1 aromatic heterocycles. The molecule has 2 aromatic carbocycles. The highest BCUT2D eigenvalue weighted by molar-refractivity contribution is 6.04. The Morgan fingerprint density at radius 3 is 2.21 bits per heavy atom. The first-order chi connectivity index (χ1) is 13.7. The maximum absolute atomic E-state index is 12.7. The van der Waals surface area contributed by atoms with Crippen molar-refractivity contribution in [3.8, 4) is 0 Å². The van der Waals surface area contributed by atoms with Crippen molar-refractivity contribution in [2.75, 3.05) is 41.3 Å². The van der Waals surface area contributed by atoms with Crippen molar-refractivity contribution >= 4 is 23.0 Å². The van der Waals surface area contributed by atoms with Gasteiger partial charge in [0.25, 0.3) is 5.91 Å². The number of pyridine rings is 1. The summed E-state index contributed by atoms with van der Waals surface area (Å²) in [6.45, 7) is 5.68. The number of aryl methyl sites for hydroxylation is 1. The molecule has 1 saturated heterocycles. The van der Waals surface area contributed by atoms with Gasteiger partial charge in [-0.1, -0.05) is 36.4 Å². The van der Waals surface area contributed by atoms with E-state index in [1.54, 1.807) is 6.20 Å². The highest BCUT2D eigenvalue weighted by Gasteiger charge is 2.19. The summed E-state index contributed by atoms with van der Waals surface area (Å²) in [5.74, 6) is -0.133. The van der Waals surface area contributed by atoms with Crippen LogP contribution in [0, 0.1) is 6.92 Å². The largest absolute Gasteiger partial charge is 0.368 e. The summed E-state index contributed by atoms with van der Waals surface area (Å²) < 4.78 is 0. The Labute approximate surface area is 165 Å². The number of carbonyl (C=O) groups is 1. The van der Waals surface area contributed by atoms with Gasteiger partial charge in [0.1, 0.15) is 0 Å². The van der Waals surface area contributed by atoms with Crippen LogP contribution in [0.4, 0.5) is 17.1 Å². The minimum atomic E-state index is -0.133. The summed E-state index contributed by atoms with van der Waals surface area (Å²) in [5, 5.41) is 2.98. The highest BCUT2D eigenvalue weighted by atomic mass is 16.1. The Balaban J connectivity index is 1.43. The van der Waals surface area contributed by atoms with Gasteiger partial charge in [-0.05, 0) is 36.8 Å². The third-order valence-corrected chi connectivity index (χ3v) is 5.15. The fourth-order valence-electron chi connectivity index (χ4n) is 3.49. The molecule has 2 heterocycles. The predicted molar refractivity (Wildman–Crippen MR) is 114 cm³/mol. The lowest BCUT2D eigenvalue weighted by Crippen LogP contribution is -2.46. The maximum Gasteiger partial charge on any atom is 0.257 e. The van der Waals surface area contributed by atoms with Gasteiger partial charge < -0.3 is 15.1 Å². The number of rotatable bonds is 4. The Bertz CT molecular complexity index is 950. The molecule has 0 aliphatic carbocycles. The van der Waals surface area contributed by atoms with E-state index in [4.69, 9.17) is 0 Å². The molecule has 0 spiro atoms. The molecule has 1 fully saturated rings. The summed E-state index contributed by atoms with van der Waals surface area (Å²) >= 11 is 0. The van der Waals surface area contributed by atoms with E-state index in [1.807, 2.05) is 49.5 Å². The third kappa shape index (κ3) is 3.98. The monoisotopic (exact) mass is 372 g/mol. The van der Waals surface area contributed by atoms with E-state index in [2.05, 4.69) is 44.4 Å². The molecule has 0 bridgehead atoms. The zero-order valence-electron chi connectivity index (χ0n) is 16.0. The Kier molecular flexibility index (Phi) is 5.24. The number of amides is 1. The smallest absolute Gasteiger partial charge is 0.257 e. The van der Waals surface area contributed by atoms with Gasteiger partial charge >= 0.3 is 0 Å². The normalized spacial score (nSPS) is 14.0. The SMILES string of the molecule is Cc1ccccc1NC(=O)c1cncc(N2CCN(c3ccccc3)CC2)c1. The Morgan fingerprint density at radius 1 is 0.857 bits per heavy atom. The molecule has 28 heavy (non-hydrogen) atoms. The molecule has 1 amide bonds. The number of nitrogens with zero attached hydrogens (tertiary/aromatic N) is 3. The van der Waals surface area contributed by atoms with E-state index in [0.29, 0.717) is 5.56 Å². The zero-order chi connectivity index (χ0) is 19.3. The van der Waals surface area contributed by atoms with Crippen LogP contribution in [0.2, 0.25) is 0 Å². The van der Waals surface area contributed by atoms with Gasteiger partial charge in [0.15, 0.2) is 0 Å². The number of aromatic nitrogens is 1. The van der Waals surface area contributed by atoms with Crippen LogP contribution >= 0.6 is 0 Å². The second-order valence-electron chi connectivity index (χ2n) is 7.01. The van der Waals surface area contributed by atoms with E-state index in [9.17, 15) is 4.79 Å². The number of piperazine rings is 1. The highest BCUT2D eigenvalue weighted by Crippen LogP contribution is 2.21. The second kappa shape index (κ2) is 8.13. The van der Waals surface area contributed by atoms with Crippen LogP contribution in [-0.2, 0) is 0 Å². The van der Waals surface area contributed by atoms with Crippen molar-refractivity contribution in [2.24, 2.45) is 0 Å². The number of hydrogen-bond donors (Lipinski definition) is 1. The molecule has 0 atom stereocenters. The first-order valence-corrected chi connectivity index (χ1v) is 9.58. The Morgan fingerprint density at radius 2 is 1.50 bits per heavy atom. The molecule has 1 N–H and O–H groups in total. The molecular formula is C23H24N4O. The van der Waals surface area contributed by atoms with Gasteiger partial charge in [-0.25, -0.2) is 0 Å². The Hall–Kier alpha value is -3.34. The minimum Gasteiger partial charge on any atom is -0.368 e.